The van der Waals surface area contributed by atoms with Gasteiger partial charge in [0.25, 0.3) is 5.91 Å². The number of nitrogens with one attached hydrogen (secondary N) is 3. The zero-order valence-electron chi connectivity index (χ0n) is 9.81. The Kier molecular flexibility index (Phi) is 3.83. The Bertz CT molecular complexity index is 479. The fourth-order valence-electron chi connectivity index (χ4n) is 1.24. The molecule has 1 heterocycles. The standard InChI is InChI=1S/C8H15N5O3S/c1-8(2,12-17(3,15)16)5-9-7(14)6-4-10-13-11-6/h4,12H,5H2,1-3H3,(H,9,14)(H,10,11,13). The summed E-state index contributed by atoms with van der Waals surface area (Å²) in [4.78, 5) is 11.5. The van der Waals surface area contributed by atoms with Crippen molar-refractivity contribution in [2.75, 3.05) is 12.8 Å². The van der Waals surface area contributed by atoms with Crippen LogP contribution in [-0.4, -0.2) is 48.1 Å². The third-order valence-corrected chi connectivity index (χ3v) is 2.72. The van der Waals surface area contributed by atoms with Crippen molar-refractivity contribution in [1.82, 2.24) is 25.4 Å². The molecule has 0 saturated carbocycles. The molecule has 0 aliphatic heterocycles. The Morgan fingerprint density at radius 3 is 2.65 bits per heavy atom. The van der Waals surface area contributed by atoms with Gasteiger partial charge >= 0.3 is 0 Å². The number of rotatable bonds is 5. The van der Waals surface area contributed by atoms with E-state index in [1.165, 1.54) is 6.20 Å². The molecule has 0 unspecified atom stereocenters. The molecule has 1 aromatic heterocycles. The summed E-state index contributed by atoms with van der Waals surface area (Å²) >= 11 is 0. The molecule has 9 heteroatoms. The van der Waals surface area contributed by atoms with Crippen LogP contribution in [0.4, 0.5) is 0 Å². The molecule has 0 spiro atoms. The molecule has 0 aromatic carbocycles. The lowest BCUT2D eigenvalue weighted by atomic mass is 10.1. The first-order valence-electron chi connectivity index (χ1n) is 4.82. The zero-order valence-corrected chi connectivity index (χ0v) is 10.6. The van der Waals surface area contributed by atoms with Crippen LogP contribution in [0.15, 0.2) is 6.20 Å². The summed E-state index contributed by atoms with van der Waals surface area (Å²) in [5, 5.41) is 12.0. The molecule has 1 amide bonds. The van der Waals surface area contributed by atoms with E-state index in [1.54, 1.807) is 13.8 Å². The number of hydrogen-bond acceptors (Lipinski definition) is 5. The molecule has 0 saturated heterocycles. The zero-order chi connectivity index (χ0) is 13.1. The third kappa shape index (κ3) is 4.91. The number of amides is 1. The van der Waals surface area contributed by atoms with Gasteiger partial charge in [0.15, 0.2) is 5.69 Å². The summed E-state index contributed by atoms with van der Waals surface area (Å²) in [5.41, 5.74) is -0.618. The summed E-state index contributed by atoms with van der Waals surface area (Å²) in [5.74, 6) is -0.415. The predicted molar refractivity (Wildman–Crippen MR) is 60.8 cm³/mol. The quantitative estimate of drug-likeness (QED) is 0.619. The van der Waals surface area contributed by atoms with Crippen LogP contribution < -0.4 is 10.0 Å². The van der Waals surface area contributed by atoms with Gasteiger partial charge in [-0.3, -0.25) is 4.79 Å². The minimum atomic E-state index is -3.32. The third-order valence-electron chi connectivity index (χ3n) is 1.80. The maximum Gasteiger partial charge on any atom is 0.273 e. The Balaban J connectivity index is 2.53. The molecular weight excluding hydrogens is 246 g/mol. The number of aromatic amines is 1. The molecule has 3 N–H and O–H groups in total. The predicted octanol–water partition coefficient (Wildman–Crippen LogP) is -1.14. The van der Waals surface area contributed by atoms with Crippen molar-refractivity contribution < 1.29 is 13.2 Å². The Morgan fingerprint density at radius 1 is 1.53 bits per heavy atom. The summed E-state index contributed by atoms with van der Waals surface area (Å²) in [6, 6.07) is 0. The second kappa shape index (κ2) is 4.80. The van der Waals surface area contributed by atoms with Crippen molar-refractivity contribution in [1.29, 1.82) is 0 Å². The highest BCUT2D eigenvalue weighted by atomic mass is 32.2. The molecule has 0 fully saturated rings. The van der Waals surface area contributed by atoms with Gasteiger partial charge in [0, 0.05) is 12.1 Å². The van der Waals surface area contributed by atoms with Crippen molar-refractivity contribution in [3.05, 3.63) is 11.9 Å². The van der Waals surface area contributed by atoms with E-state index < -0.39 is 21.5 Å². The van der Waals surface area contributed by atoms with Crippen LogP contribution in [0.5, 0.6) is 0 Å². The Morgan fingerprint density at radius 2 is 2.18 bits per heavy atom. The molecule has 8 nitrogen and oxygen atoms in total. The van der Waals surface area contributed by atoms with E-state index in [4.69, 9.17) is 0 Å². The van der Waals surface area contributed by atoms with Crippen LogP contribution in [0.3, 0.4) is 0 Å². The van der Waals surface area contributed by atoms with Crippen LogP contribution in [0.25, 0.3) is 0 Å². The number of aromatic nitrogens is 3. The van der Waals surface area contributed by atoms with Crippen LogP contribution in [0.1, 0.15) is 24.3 Å². The lowest BCUT2D eigenvalue weighted by molar-refractivity contribution is 0.0939. The summed E-state index contributed by atoms with van der Waals surface area (Å²) in [7, 11) is -3.32. The number of sulfonamides is 1. The van der Waals surface area contributed by atoms with Gasteiger partial charge in [0.1, 0.15) is 0 Å². The number of hydrogen-bond donors (Lipinski definition) is 3. The fraction of sp³-hybridized carbons (Fsp3) is 0.625. The molecule has 1 rings (SSSR count). The van der Waals surface area contributed by atoms with Gasteiger partial charge in [-0.1, -0.05) is 0 Å². The molecule has 0 bridgehead atoms. The minimum absolute atomic E-state index is 0.145. The van der Waals surface area contributed by atoms with Crippen molar-refractivity contribution in [3.63, 3.8) is 0 Å². The van der Waals surface area contributed by atoms with Crippen LogP contribution in [0.2, 0.25) is 0 Å². The normalized spacial score (nSPS) is 12.4. The SMILES string of the molecule is CC(C)(CNC(=O)c1cn[nH]n1)NS(C)(=O)=O. The van der Waals surface area contributed by atoms with Crippen molar-refractivity contribution >= 4 is 15.9 Å². The second-order valence-electron chi connectivity index (χ2n) is 4.30. The van der Waals surface area contributed by atoms with Crippen molar-refractivity contribution in [2.24, 2.45) is 0 Å². The van der Waals surface area contributed by atoms with Crippen LogP contribution in [0, 0.1) is 0 Å². The maximum atomic E-state index is 11.5. The van der Waals surface area contributed by atoms with E-state index in [0.717, 1.165) is 6.26 Å². The van der Waals surface area contributed by atoms with Crippen molar-refractivity contribution in [3.8, 4) is 0 Å². The Labute approximate surface area is 99.2 Å². The van der Waals surface area contributed by atoms with Gasteiger partial charge in [-0.15, -0.1) is 0 Å². The van der Waals surface area contributed by atoms with Crippen molar-refractivity contribution in [2.45, 2.75) is 19.4 Å². The summed E-state index contributed by atoms with van der Waals surface area (Å²) in [6.07, 6.45) is 2.35. The number of carbonyl (C=O) groups is 1. The van der Waals surface area contributed by atoms with Gasteiger partial charge in [-0.05, 0) is 13.8 Å². The Hall–Kier alpha value is -1.48. The second-order valence-corrected chi connectivity index (χ2v) is 6.04. The van der Waals surface area contributed by atoms with E-state index in [0.29, 0.717) is 0 Å². The monoisotopic (exact) mass is 261 g/mol. The topological polar surface area (TPSA) is 117 Å². The van der Waals surface area contributed by atoms with Crippen LogP contribution >= 0.6 is 0 Å². The molecule has 0 aliphatic rings. The smallest absolute Gasteiger partial charge is 0.273 e. The van der Waals surface area contributed by atoms with Crippen LogP contribution in [-0.2, 0) is 10.0 Å². The molecule has 0 atom stereocenters. The average Bonchev–Trinajstić information content (AvgIpc) is 2.63. The lowest BCUT2D eigenvalue weighted by Gasteiger charge is -2.24. The first-order valence-corrected chi connectivity index (χ1v) is 6.72. The molecule has 0 aliphatic carbocycles. The summed E-state index contributed by atoms with van der Waals surface area (Å²) in [6.45, 7) is 3.47. The van der Waals surface area contributed by atoms with Gasteiger partial charge in [0.2, 0.25) is 10.0 Å². The highest BCUT2D eigenvalue weighted by molar-refractivity contribution is 7.88. The maximum absolute atomic E-state index is 11.5. The van der Waals surface area contributed by atoms with Gasteiger partial charge in [-0.2, -0.15) is 15.4 Å². The largest absolute Gasteiger partial charge is 0.349 e. The first-order chi connectivity index (χ1) is 7.70. The van der Waals surface area contributed by atoms with E-state index in [1.807, 2.05) is 0 Å². The summed E-state index contributed by atoms with van der Waals surface area (Å²) < 4.78 is 24.5. The number of H-pyrrole nitrogens is 1. The van der Waals surface area contributed by atoms with E-state index in [-0.39, 0.29) is 12.2 Å². The number of nitrogens with zero attached hydrogens (tertiary/aromatic N) is 2. The fourth-order valence-corrected chi connectivity index (χ4v) is 2.32. The van der Waals surface area contributed by atoms with E-state index in [9.17, 15) is 13.2 Å². The molecule has 0 radical (unpaired) electrons. The van der Waals surface area contributed by atoms with Gasteiger partial charge < -0.3 is 5.32 Å². The molecular formula is C8H15N5O3S. The molecule has 1 aromatic rings. The number of carbonyl (C=O) groups excluding carboxylic acids is 1. The lowest BCUT2D eigenvalue weighted by Crippen LogP contribution is -2.51. The molecule has 96 valence electrons. The molecule has 17 heavy (non-hydrogen) atoms. The van der Waals surface area contributed by atoms with E-state index >= 15 is 0 Å². The minimum Gasteiger partial charge on any atom is -0.349 e. The van der Waals surface area contributed by atoms with Gasteiger partial charge in [-0.25, -0.2) is 13.1 Å². The highest BCUT2D eigenvalue weighted by Gasteiger charge is 2.23. The van der Waals surface area contributed by atoms with Gasteiger partial charge in [0.05, 0.1) is 12.5 Å². The van der Waals surface area contributed by atoms with E-state index in [2.05, 4.69) is 25.4 Å². The average molecular weight is 261 g/mol. The first kappa shape index (κ1) is 13.6. The highest BCUT2D eigenvalue weighted by Crippen LogP contribution is 2.02.